The number of rotatable bonds is 7. The van der Waals surface area contributed by atoms with Crippen LogP contribution in [0.5, 0.6) is 0 Å². The predicted molar refractivity (Wildman–Crippen MR) is 92.9 cm³/mol. The SMILES string of the molecule is CCCOC(c1ccccc1)(c1ccc(C(F)(F)F)cc1)C(O)C(=O)OC. The molecule has 0 aliphatic rings. The Labute approximate surface area is 155 Å². The lowest BCUT2D eigenvalue weighted by Gasteiger charge is -2.37. The van der Waals surface area contributed by atoms with Gasteiger partial charge in [-0.2, -0.15) is 13.2 Å². The number of hydrogen-bond acceptors (Lipinski definition) is 4. The van der Waals surface area contributed by atoms with E-state index < -0.39 is 29.4 Å². The zero-order valence-corrected chi connectivity index (χ0v) is 15.0. The molecule has 0 saturated carbocycles. The molecule has 2 unspecified atom stereocenters. The summed E-state index contributed by atoms with van der Waals surface area (Å²) in [4.78, 5) is 12.2. The zero-order chi connectivity index (χ0) is 20.1. The maximum absolute atomic E-state index is 12.9. The highest BCUT2D eigenvalue weighted by molar-refractivity contribution is 5.77. The van der Waals surface area contributed by atoms with Gasteiger partial charge in [0.05, 0.1) is 12.7 Å². The minimum atomic E-state index is -4.50. The average Bonchev–Trinajstić information content (AvgIpc) is 2.68. The van der Waals surface area contributed by atoms with Gasteiger partial charge < -0.3 is 14.6 Å². The van der Waals surface area contributed by atoms with E-state index in [1.54, 1.807) is 30.3 Å². The zero-order valence-electron chi connectivity index (χ0n) is 15.0. The maximum atomic E-state index is 12.9. The Morgan fingerprint density at radius 3 is 2.00 bits per heavy atom. The molecule has 1 N–H and O–H groups in total. The molecule has 0 radical (unpaired) electrons. The molecule has 0 aromatic heterocycles. The third kappa shape index (κ3) is 4.31. The fraction of sp³-hybridized carbons (Fsp3) is 0.350. The summed E-state index contributed by atoms with van der Waals surface area (Å²) >= 11 is 0. The average molecular weight is 382 g/mol. The Morgan fingerprint density at radius 2 is 1.52 bits per heavy atom. The highest BCUT2D eigenvalue weighted by Crippen LogP contribution is 2.39. The lowest BCUT2D eigenvalue weighted by Crippen LogP contribution is -2.48. The van der Waals surface area contributed by atoms with Gasteiger partial charge in [0.1, 0.15) is 0 Å². The van der Waals surface area contributed by atoms with Crippen LogP contribution in [0.25, 0.3) is 0 Å². The Kier molecular flexibility index (Phi) is 6.62. The number of methoxy groups -OCH3 is 1. The number of aliphatic hydroxyl groups is 1. The maximum Gasteiger partial charge on any atom is 0.416 e. The molecule has 146 valence electrons. The van der Waals surface area contributed by atoms with E-state index in [-0.39, 0.29) is 12.2 Å². The standard InChI is InChI=1S/C20H21F3O4/c1-3-13-27-19(17(24)18(25)26-2,14-7-5-4-6-8-14)15-9-11-16(12-10-15)20(21,22)23/h4-12,17,24H,3,13H2,1-2H3. The Hall–Kier alpha value is -2.38. The molecule has 0 amide bonds. The second-order valence-electron chi connectivity index (χ2n) is 5.95. The quantitative estimate of drug-likeness (QED) is 0.738. The molecule has 0 fully saturated rings. The van der Waals surface area contributed by atoms with E-state index in [4.69, 9.17) is 4.74 Å². The van der Waals surface area contributed by atoms with Gasteiger partial charge in [-0.1, -0.05) is 49.4 Å². The number of carbonyl (C=O) groups excluding carboxylic acids is 1. The normalized spacial score (nSPS) is 15.0. The minimum absolute atomic E-state index is 0.171. The topological polar surface area (TPSA) is 55.8 Å². The van der Waals surface area contributed by atoms with Crippen molar-refractivity contribution in [2.45, 2.75) is 31.2 Å². The first kappa shape index (κ1) is 20.9. The van der Waals surface area contributed by atoms with Crippen molar-refractivity contribution >= 4 is 5.97 Å². The highest BCUT2D eigenvalue weighted by atomic mass is 19.4. The largest absolute Gasteiger partial charge is 0.467 e. The molecule has 7 heteroatoms. The lowest BCUT2D eigenvalue weighted by atomic mass is 9.80. The second kappa shape index (κ2) is 8.54. The van der Waals surface area contributed by atoms with Gasteiger partial charge in [0.2, 0.25) is 0 Å². The molecule has 0 bridgehead atoms. The van der Waals surface area contributed by atoms with Crippen molar-refractivity contribution in [3.8, 4) is 0 Å². The number of hydrogen-bond donors (Lipinski definition) is 1. The molecule has 4 nitrogen and oxygen atoms in total. The van der Waals surface area contributed by atoms with Crippen LogP contribution in [0.3, 0.4) is 0 Å². The van der Waals surface area contributed by atoms with Crippen LogP contribution >= 0.6 is 0 Å². The first-order valence-corrected chi connectivity index (χ1v) is 8.40. The van der Waals surface area contributed by atoms with Crippen molar-refractivity contribution in [3.63, 3.8) is 0 Å². The molecule has 0 heterocycles. The summed E-state index contributed by atoms with van der Waals surface area (Å²) in [5.41, 5.74) is -1.89. The van der Waals surface area contributed by atoms with E-state index >= 15 is 0 Å². The minimum Gasteiger partial charge on any atom is -0.467 e. The van der Waals surface area contributed by atoms with Gasteiger partial charge in [-0.25, -0.2) is 4.79 Å². The molecular formula is C20H21F3O4. The summed E-state index contributed by atoms with van der Waals surface area (Å²) in [6.45, 7) is 2.01. The van der Waals surface area contributed by atoms with Crippen LogP contribution in [0.4, 0.5) is 13.2 Å². The molecule has 2 atom stereocenters. The summed E-state index contributed by atoms with van der Waals surface area (Å²) in [5.74, 6) is -0.949. The van der Waals surface area contributed by atoms with E-state index in [1.165, 1.54) is 12.1 Å². The van der Waals surface area contributed by atoms with Gasteiger partial charge >= 0.3 is 12.1 Å². The van der Waals surface area contributed by atoms with Crippen molar-refractivity contribution in [2.24, 2.45) is 0 Å². The lowest BCUT2D eigenvalue weighted by molar-refractivity contribution is -0.170. The first-order valence-electron chi connectivity index (χ1n) is 8.40. The Bertz CT molecular complexity index is 744. The van der Waals surface area contributed by atoms with Crippen LogP contribution in [-0.2, 0) is 26.0 Å². The van der Waals surface area contributed by atoms with Crippen molar-refractivity contribution in [3.05, 3.63) is 71.3 Å². The number of benzene rings is 2. The summed E-state index contributed by atoms with van der Waals surface area (Å²) in [6.07, 6.45) is -5.70. The molecule has 0 aliphatic carbocycles. The number of halogens is 3. The molecule has 27 heavy (non-hydrogen) atoms. The number of esters is 1. The van der Waals surface area contributed by atoms with Crippen LogP contribution in [0, 0.1) is 0 Å². The second-order valence-corrected chi connectivity index (χ2v) is 5.95. The highest BCUT2D eigenvalue weighted by Gasteiger charge is 2.47. The molecular weight excluding hydrogens is 361 g/mol. The van der Waals surface area contributed by atoms with E-state index in [1.807, 2.05) is 6.92 Å². The summed E-state index contributed by atoms with van der Waals surface area (Å²) in [5, 5.41) is 10.8. The Balaban J connectivity index is 2.68. The summed E-state index contributed by atoms with van der Waals surface area (Å²) in [6, 6.07) is 12.6. The Morgan fingerprint density at radius 1 is 1.00 bits per heavy atom. The third-order valence-electron chi connectivity index (χ3n) is 4.19. The molecule has 2 rings (SSSR count). The van der Waals surface area contributed by atoms with Crippen molar-refractivity contribution in [1.29, 1.82) is 0 Å². The van der Waals surface area contributed by atoms with Gasteiger partial charge in [-0.15, -0.1) is 0 Å². The van der Waals surface area contributed by atoms with Crippen LogP contribution in [0.1, 0.15) is 30.0 Å². The van der Waals surface area contributed by atoms with Crippen molar-refractivity contribution in [1.82, 2.24) is 0 Å². The predicted octanol–water partition coefficient (Wildman–Crippen LogP) is 3.91. The van der Waals surface area contributed by atoms with Gasteiger partial charge in [0.25, 0.3) is 0 Å². The fourth-order valence-corrected chi connectivity index (χ4v) is 2.86. The van der Waals surface area contributed by atoms with Gasteiger partial charge in [0.15, 0.2) is 11.7 Å². The number of ether oxygens (including phenoxy) is 2. The third-order valence-corrected chi connectivity index (χ3v) is 4.19. The summed E-state index contributed by atoms with van der Waals surface area (Å²) in [7, 11) is 1.12. The molecule has 0 spiro atoms. The number of alkyl halides is 3. The van der Waals surface area contributed by atoms with Gasteiger partial charge in [-0.3, -0.25) is 0 Å². The van der Waals surface area contributed by atoms with Gasteiger partial charge in [-0.05, 0) is 29.7 Å². The van der Waals surface area contributed by atoms with E-state index in [9.17, 15) is 23.1 Å². The monoisotopic (exact) mass is 382 g/mol. The fourth-order valence-electron chi connectivity index (χ4n) is 2.86. The van der Waals surface area contributed by atoms with E-state index in [0.717, 1.165) is 19.2 Å². The molecule has 2 aromatic rings. The number of aliphatic hydroxyl groups excluding tert-OH is 1. The van der Waals surface area contributed by atoms with Crippen LogP contribution < -0.4 is 0 Å². The van der Waals surface area contributed by atoms with Crippen LogP contribution in [0.2, 0.25) is 0 Å². The van der Waals surface area contributed by atoms with E-state index in [2.05, 4.69) is 4.74 Å². The van der Waals surface area contributed by atoms with Gasteiger partial charge in [0, 0.05) is 6.61 Å². The molecule has 2 aromatic carbocycles. The van der Waals surface area contributed by atoms with E-state index in [0.29, 0.717) is 12.0 Å². The van der Waals surface area contributed by atoms with Crippen molar-refractivity contribution in [2.75, 3.05) is 13.7 Å². The van der Waals surface area contributed by atoms with Crippen LogP contribution in [-0.4, -0.2) is 30.9 Å². The van der Waals surface area contributed by atoms with Crippen molar-refractivity contribution < 1.29 is 32.5 Å². The molecule has 0 saturated heterocycles. The summed E-state index contributed by atoms with van der Waals surface area (Å²) < 4.78 is 49.4. The smallest absolute Gasteiger partial charge is 0.416 e. The number of carbonyl (C=O) groups is 1. The first-order chi connectivity index (χ1) is 12.8. The van der Waals surface area contributed by atoms with Crippen LogP contribution in [0.15, 0.2) is 54.6 Å². The molecule has 0 aliphatic heterocycles.